The molecule has 6 rings (SSSR count). The number of sulfonamides is 1. The van der Waals surface area contributed by atoms with E-state index in [-0.39, 0.29) is 104 Å². The molecule has 13 nitrogen and oxygen atoms in total. The number of aromatic carboxylic acids is 1. The molecule has 302 valence electrons. The van der Waals surface area contributed by atoms with E-state index in [1.165, 1.54) is 40.7 Å². The van der Waals surface area contributed by atoms with Gasteiger partial charge >= 0.3 is 59.1 Å². The fraction of sp³-hybridized carbons (Fsp3) is 0.349. The first-order chi connectivity index (χ1) is 26.9. The van der Waals surface area contributed by atoms with Crippen molar-refractivity contribution in [1.29, 1.82) is 0 Å². The number of aliphatic carboxylic acids is 1. The number of rotatable bonds is 14. The molecule has 0 bridgehead atoms. The van der Waals surface area contributed by atoms with Crippen LogP contribution in [-0.2, 0) is 27.7 Å². The number of piperidine rings is 1. The van der Waals surface area contributed by atoms with Crippen LogP contribution >= 0.6 is 0 Å². The number of nitrogens with one attached hydrogen (secondary N) is 2. The fourth-order valence-corrected chi connectivity index (χ4v) is 9.32. The Labute approximate surface area is 389 Å². The van der Waals surface area contributed by atoms with Crippen LogP contribution in [0, 0.1) is 5.92 Å². The minimum atomic E-state index is -4.02. The fourth-order valence-electron chi connectivity index (χ4n) is 7.58. The van der Waals surface area contributed by atoms with E-state index in [1.807, 2.05) is 18.2 Å². The maximum absolute atomic E-state index is 13.9. The normalized spacial score (nSPS) is 16.4. The van der Waals surface area contributed by atoms with Gasteiger partial charge in [0, 0.05) is 48.6 Å². The molecule has 0 unspecified atom stereocenters. The summed E-state index contributed by atoms with van der Waals surface area (Å²) < 4.78 is 29.1. The number of benzene rings is 4. The van der Waals surface area contributed by atoms with E-state index in [4.69, 9.17) is 0 Å². The van der Waals surface area contributed by atoms with E-state index in [1.54, 1.807) is 43.3 Å². The predicted molar refractivity (Wildman–Crippen MR) is 213 cm³/mol. The molecule has 4 aromatic rings. The predicted octanol–water partition coefficient (Wildman–Crippen LogP) is -2.17. The topological polar surface area (TPSA) is 211 Å². The van der Waals surface area contributed by atoms with Gasteiger partial charge in [-0.3, -0.25) is 9.59 Å². The minimum absolute atomic E-state index is 0. The van der Waals surface area contributed by atoms with Gasteiger partial charge in [0.15, 0.2) is 0 Å². The number of amides is 2. The summed E-state index contributed by atoms with van der Waals surface area (Å²) in [5.74, 6) is -3.93. The van der Waals surface area contributed by atoms with Crippen molar-refractivity contribution in [3.8, 4) is 0 Å². The van der Waals surface area contributed by atoms with Crippen LogP contribution in [0.4, 0.5) is 17.1 Å². The monoisotopic (exact) mass is 842 g/mol. The zero-order valence-corrected chi connectivity index (χ0v) is 38.7. The molecule has 4 N–H and O–H groups in total. The maximum Gasteiger partial charge on any atom is 1.00 e. The first-order valence-electron chi connectivity index (χ1n) is 19.2. The van der Waals surface area contributed by atoms with Crippen LogP contribution in [0.1, 0.15) is 94.1 Å². The minimum Gasteiger partial charge on any atom is -0.550 e. The van der Waals surface area contributed by atoms with Crippen molar-refractivity contribution >= 4 is 50.8 Å². The molecule has 2 aliphatic rings. The van der Waals surface area contributed by atoms with E-state index >= 15 is 0 Å². The van der Waals surface area contributed by atoms with Gasteiger partial charge in [-0.2, -0.15) is 4.31 Å². The smallest absolute Gasteiger partial charge is 0.550 e. The summed E-state index contributed by atoms with van der Waals surface area (Å²) in [7, 11) is -4.02. The van der Waals surface area contributed by atoms with Gasteiger partial charge < -0.3 is 40.8 Å². The molecule has 2 fully saturated rings. The molecule has 0 radical (unpaired) electrons. The van der Waals surface area contributed by atoms with Gasteiger partial charge in [-0.05, 0) is 129 Å². The third-order valence-corrected chi connectivity index (χ3v) is 12.8. The Kier molecular flexibility index (Phi) is 19.3. The standard InChI is InChI=1S/C43H48N4O8S.2Na.H2O/c1-2-47(35-21-17-32(18-22-35)43(52)53)56(54,55)37-8-6-7-33(27-37)40(48)45-39-24-23-36(46-25-4-3-5-26-46)28-38(39)41(49)44-34-19-13-30(14-20-34)10-9-29-11-15-31(16-12-29)42(50)51;;;/h6-8,11-16,19-20,23-24,27-28,32,35H,2-5,9-10,17-18,21-22,25-26H2,1H3,(H,44,49)(H,45,48)(H,50,51)(H,52,53);;;1H2/q;2*+1;/p-2/t32-,35-;;;. The Balaban J connectivity index is 0.00000310. The summed E-state index contributed by atoms with van der Waals surface area (Å²) >= 11 is 0. The number of hydrogen-bond donors (Lipinski definition) is 2. The van der Waals surface area contributed by atoms with Crippen molar-refractivity contribution < 1.29 is 102 Å². The zero-order chi connectivity index (χ0) is 39.8. The van der Waals surface area contributed by atoms with Gasteiger partial charge in [0.05, 0.1) is 22.1 Å². The summed E-state index contributed by atoms with van der Waals surface area (Å²) in [5, 5.41) is 28.2. The summed E-state index contributed by atoms with van der Waals surface area (Å²) in [5.41, 5.74) is 4.18. The summed E-state index contributed by atoms with van der Waals surface area (Å²) in [6.45, 7) is 3.62. The summed E-state index contributed by atoms with van der Waals surface area (Å²) in [6.07, 6.45) is 6.09. The second kappa shape index (κ2) is 22.9. The Hall–Kier alpha value is -3.57. The van der Waals surface area contributed by atoms with Gasteiger partial charge in [0.1, 0.15) is 0 Å². The van der Waals surface area contributed by atoms with Gasteiger partial charge in [-0.15, -0.1) is 0 Å². The van der Waals surface area contributed by atoms with E-state index in [9.17, 15) is 37.8 Å². The number of carbonyl (C=O) groups excluding carboxylic acids is 4. The van der Waals surface area contributed by atoms with Crippen molar-refractivity contribution in [2.75, 3.05) is 35.2 Å². The number of nitrogens with zero attached hydrogens (tertiary/aromatic N) is 2. The van der Waals surface area contributed by atoms with Crippen molar-refractivity contribution in [2.45, 2.75) is 75.6 Å². The number of carboxylic acids is 2. The van der Waals surface area contributed by atoms with Crippen LogP contribution in [0.15, 0.2) is 95.9 Å². The molecule has 1 saturated carbocycles. The van der Waals surface area contributed by atoms with Crippen molar-refractivity contribution in [3.63, 3.8) is 0 Å². The van der Waals surface area contributed by atoms with Crippen LogP contribution in [0.5, 0.6) is 0 Å². The second-order valence-corrected chi connectivity index (χ2v) is 16.3. The van der Waals surface area contributed by atoms with Crippen LogP contribution in [0.3, 0.4) is 0 Å². The largest absolute Gasteiger partial charge is 1.00 e. The van der Waals surface area contributed by atoms with Gasteiger partial charge in [-0.25, -0.2) is 8.42 Å². The Morgan fingerprint density at radius 3 is 1.92 bits per heavy atom. The number of aryl methyl sites for hydroxylation is 2. The Morgan fingerprint density at radius 2 is 1.34 bits per heavy atom. The first kappa shape index (κ1) is 49.8. The number of carbonyl (C=O) groups is 4. The second-order valence-electron chi connectivity index (χ2n) is 14.4. The van der Waals surface area contributed by atoms with Gasteiger partial charge in [0.2, 0.25) is 10.0 Å². The van der Waals surface area contributed by atoms with E-state index in [0.717, 1.165) is 49.2 Å². The molecule has 0 aromatic heterocycles. The van der Waals surface area contributed by atoms with Crippen LogP contribution in [0.25, 0.3) is 0 Å². The Bertz CT molecular complexity index is 2170. The number of hydrogen-bond acceptors (Lipinski definition) is 9. The van der Waals surface area contributed by atoms with Crippen LogP contribution < -0.4 is 84.9 Å². The molecule has 1 aliphatic carbocycles. The van der Waals surface area contributed by atoms with E-state index in [2.05, 4.69) is 15.5 Å². The quantitative estimate of drug-likeness (QED) is 0.132. The molecular formula is C43H48N4Na2O9S. The summed E-state index contributed by atoms with van der Waals surface area (Å²) in [4.78, 5) is 52.2. The molecule has 1 saturated heterocycles. The molecule has 0 atom stereocenters. The van der Waals surface area contributed by atoms with Crippen molar-refractivity contribution in [3.05, 3.63) is 119 Å². The molecule has 1 heterocycles. The maximum atomic E-state index is 13.9. The molecule has 0 spiro atoms. The van der Waals surface area contributed by atoms with Gasteiger partial charge in [-0.1, -0.05) is 49.4 Å². The third kappa shape index (κ3) is 12.7. The number of carboxylic acid groups (broad SMARTS) is 2. The van der Waals surface area contributed by atoms with Crippen LogP contribution in [0.2, 0.25) is 0 Å². The average Bonchev–Trinajstić information content (AvgIpc) is 3.21. The molecule has 2 amide bonds. The zero-order valence-electron chi connectivity index (χ0n) is 33.9. The average molecular weight is 843 g/mol. The first-order valence-corrected chi connectivity index (χ1v) is 20.6. The molecule has 1 aliphatic heterocycles. The third-order valence-electron chi connectivity index (χ3n) is 10.8. The molecule has 59 heavy (non-hydrogen) atoms. The van der Waals surface area contributed by atoms with E-state index in [0.29, 0.717) is 44.2 Å². The summed E-state index contributed by atoms with van der Waals surface area (Å²) in [6, 6.07) is 24.8. The number of anilines is 3. The van der Waals surface area contributed by atoms with E-state index < -0.39 is 39.7 Å². The molecular weight excluding hydrogens is 795 g/mol. The molecule has 4 aromatic carbocycles. The van der Waals surface area contributed by atoms with Gasteiger partial charge in [0.25, 0.3) is 11.8 Å². The van der Waals surface area contributed by atoms with Crippen LogP contribution in [-0.4, -0.2) is 67.6 Å². The Morgan fingerprint density at radius 1 is 0.729 bits per heavy atom. The SMILES string of the molecule is CCN([C@H]1CC[C@H](C(=O)[O-])CC1)S(=O)(=O)c1cccc(C(=O)Nc2ccc(N3CCCCC3)cc2C(=O)Nc2ccc(CCc3ccc(C(=O)[O-])cc3)cc2)c1.O.[Na+].[Na+]. The van der Waals surface area contributed by atoms with Crippen molar-refractivity contribution in [1.82, 2.24) is 4.31 Å². The van der Waals surface area contributed by atoms with Crippen molar-refractivity contribution in [2.24, 2.45) is 5.92 Å². The molecule has 16 heteroatoms.